The maximum atomic E-state index is 13.3. The minimum atomic E-state index is -0.299. The molecule has 0 atom stereocenters. The van der Waals surface area contributed by atoms with Crippen LogP contribution in [0.3, 0.4) is 0 Å². The lowest BCUT2D eigenvalue weighted by Gasteiger charge is -2.11. The predicted molar refractivity (Wildman–Crippen MR) is 104 cm³/mol. The van der Waals surface area contributed by atoms with Gasteiger partial charge in [-0.3, -0.25) is 0 Å². The van der Waals surface area contributed by atoms with Crippen molar-refractivity contribution in [3.63, 3.8) is 0 Å². The molecule has 0 aliphatic heterocycles. The monoisotopic (exact) mass is 357 g/mol. The van der Waals surface area contributed by atoms with Crippen molar-refractivity contribution in [1.29, 1.82) is 0 Å². The number of benzene rings is 3. The minimum absolute atomic E-state index is 0.137. The first kappa shape index (κ1) is 16.8. The molecule has 0 saturated heterocycles. The lowest BCUT2D eigenvalue weighted by atomic mass is 9.99. The molecule has 4 rings (SSSR count). The molecular formula is C23H16FNO2. The van der Waals surface area contributed by atoms with E-state index in [0.29, 0.717) is 17.0 Å². The Kier molecular flexibility index (Phi) is 4.30. The van der Waals surface area contributed by atoms with E-state index in [9.17, 15) is 14.6 Å². The van der Waals surface area contributed by atoms with Crippen LogP contribution in [0.2, 0.25) is 0 Å². The molecule has 4 aromatic rings. The van der Waals surface area contributed by atoms with E-state index >= 15 is 0 Å². The van der Waals surface area contributed by atoms with Crippen molar-refractivity contribution in [2.45, 2.75) is 0 Å². The van der Waals surface area contributed by atoms with Gasteiger partial charge in [0.2, 0.25) is 0 Å². The first-order valence-corrected chi connectivity index (χ1v) is 8.46. The van der Waals surface area contributed by atoms with Crippen molar-refractivity contribution in [2.24, 2.45) is 0 Å². The zero-order valence-electron chi connectivity index (χ0n) is 14.3. The second kappa shape index (κ2) is 6.92. The number of hydrogen-bond acceptors (Lipinski definition) is 3. The van der Waals surface area contributed by atoms with Gasteiger partial charge < -0.3 is 10.2 Å². The Balaban J connectivity index is 1.92. The van der Waals surface area contributed by atoms with Gasteiger partial charge in [0.25, 0.3) is 0 Å². The highest BCUT2D eigenvalue weighted by Crippen LogP contribution is 2.34. The van der Waals surface area contributed by atoms with Crippen LogP contribution in [0.4, 0.5) is 4.39 Å². The lowest BCUT2D eigenvalue weighted by molar-refractivity contribution is 0.475. The number of nitrogens with zero attached hydrogens (tertiary/aromatic N) is 1. The van der Waals surface area contributed by atoms with Crippen LogP contribution in [0, 0.1) is 5.82 Å². The molecule has 0 spiro atoms. The van der Waals surface area contributed by atoms with E-state index in [2.05, 4.69) is 0 Å². The van der Waals surface area contributed by atoms with Crippen LogP contribution in [0.1, 0.15) is 0 Å². The number of rotatable bonds is 3. The predicted octanol–water partition coefficient (Wildman–Crippen LogP) is 5.63. The Morgan fingerprint density at radius 1 is 0.630 bits per heavy atom. The van der Waals surface area contributed by atoms with Gasteiger partial charge in [0.15, 0.2) is 0 Å². The van der Waals surface area contributed by atoms with E-state index in [4.69, 9.17) is 4.98 Å². The number of aromatic hydroxyl groups is 2. The molecule has 27 heavy (non-hydrogen) atoms. The van der Waals surface area contributed by atoms with Crippen LogP contribution < -0.4 is 0 Å². The molecule has 3 nitrogen and oxygen atoms in total. The second-order valence-electron chi connectivity index (χ2n) is 6.20. The Hall–Kier alpha value is -3.66. The van der Waals surface area contributed by atoms with Crippen LogP contribution in [0.5, 0.6) is 11.5 Å². The average molecular weight is 357 g/mol. The normalized spacial score (nSPS) is 10.7. The summed E-state index contributed by atoms with van der Waals surface area (Å²) in [5.74, 6) is 0.0137. The summed E-state index contributed by atoms with van der Waals surface area (Å²) in [5.41, 5.74) is 4.44. The first-order valence-electron chi connectivity index (χ1n) is 8.46. The van der Waals surface area contributed by atoms with Crippen molar-refractivity contribution in [3.05, 3.63) is 90.7 Å². The van der Waals surface area contributed by atoms with Gasteiger partial charge in [0.05, 0.1) is 11.4 Å². The smallest absolute Gasteiger partial charge is 0.124 e. The van der Waals surface area contributed by atoms with Gasteiger partial charge >= 0.3 is 0 Å². The van der Waals surface area contributed by atoms with Crippen molar-refractivity contribution in [1.82, 2.24) is 4.98 Å². The fourth-order valence-corrected chi connectivity index (χ4v) is 2.95. The van der Waals surface area contributed by atoms with E-state index in [-0.39, 0.29) is 17.3 Å². The summed E-state index contributed by atoms with van der Waals surface area (Å²) >= 11 is 0. The number of halogens is 1. The maximum Gasteiger partial charge on any atom is 0.124 e. The molecule has 132 valence electrons. The maximum absolute atomic E-state index is 13.3. The molecule has 1 heterocycles. The molecule has 0 amide bonds. The van der Waals surface area contributed by atoms with Gasteiger partial charge in [-0.1, -0.05) is 24.3 Å². The molecule has 4 heteroatoms. The third kappa shape index (κ3) is 3.51. The van der Waals surface area contributed by atoms with Crippen LogP contribution >= 0.6 is 0 Å². The molecule has 0 aliphatic rings. The van der Waals surface area contributed by atoms with E-state index in [1.807, 2.05) is 18.2 Å². The Bertz CT molecular complexity index is 1030. The molecule has 1 aromatic heterocycles. The summed E-state index contributed by atoms with van der Waals surface area (Å²) in [7, 11) is 0. The molecule has 0 saturated carbocycles. The SMILES string of the molecule is Oc1ccc(-c2cc(-c3ccc(F)cc3)cc(-c3ccccc3O)n2)cc1. The molecule has 0 aliphatic carbocycles. The third-order valence-electron chi connectivity index (χ3n) is 4.35. The minimum Gasteiger partial charge on any atom is -0.508 e. The Labute approximate surface area is 156 Å². The highest BCUT2D eigenvalue weighted by Gasteiger charge is 2.11. The first-order chi connectivity index (χ1) is 13.1. The largest absolute Gasteiger partial charge is 0.508 e. The van der Waals surface area contributed by atoms with E-state index in [1.54, 1.807) is 54.6 Å². The van der Waals surface area contributed by atoms with E-state index < -0.39 is 0 Å². The zero-order chi connectivity index (χ0) is 18.8. The van der Waals surface area contributed by atoms with Gasteiger partial charge in [-0.05, 0) is 71.8 Å². The number of aromatic nitrogens is 1. The van der Waals surface area contributed by atoms with Crippen LogP contribution in [-0.4, -0.2) is 15.2 Å². The van der Waals surface area contributed by atoms with Crippen molar-refractivity contribution in [2.75, 3.05) is 0 Å². The fourth-order valence-electron chi connectivity index (χ4n) is 2.95. The summed E-state index contributed by atoms with van der Waals surface area (Å²) in [5, 5.41) is 19.8. The van der Waals surface area contributed by atoms with Gasteiger partial charge in [-0.15, -0.1) is 0 Å². The number of pyridine rings is 1. The average Bonchev–Trinajstić information content (AvgIpc) is 2.69. The molecular weight excluding hydrogens is 341 g/mol. The molecule has 0 bridgehead atoms. The number of phenolic OH excluding ortho intramolecular Hbond substituents is 2. The molecule has 0 radical (unpaired) electrons. The highest BCUT2D eigenvalue weighted by atomic mass is 19.1. The second-order valence-corrected chi connectivity index (χ2v) is 6.20. The number of hydrogen-bond donors (Lipinski definition) is 2. The quantitative estimate of drug-likeness (QED) is 0.499. The van der Waals surface area contributed by atoms with E-state index in [1.165, 1.54) is 12.1 Å². The summed E-state index contributed by atoms with van der Waals surface area (Å²) in [4.78, 5) is 4.69. The van der Waals surface area contributed by atoms with Gasteiger partial charge in [-0.2, -0.15) is 0 Å². The van der Waals surface area contributed by atoms with Crippen LogP contribution in [0.25, 0.3) is 33.6 Å². The van der Waals surface area contributed by atoms with Gasteiger partial charge in [0.1, 0.15) is 17.3 Å². The van der Waals surface area contributed by atoms with Gasteiger partial charge in [0, 0.05) is 11.1 Å². The standard InChI is InChI=1S/C23H16FNO2/c24-18-9-5-15(6-10-18)17-13-21(16-7-11-19(26)12-8-16)25-22(14-17)20-3-1-2-4-23(20)27/h1-14,26-27H. The number of phenols is 2. The van der Waals surface area contributed by atoms with Crippen molar-refractivity contribution < 1.29 is 14.6 Å². The lowest BCUT2D eigenvalue weighted by Crippen LogP contribution is -1.91. The van der Waals surface area contributed by atoms with Crippen molar-refractivity contribution in [3.8, 4) is 45.1 Å². The fraction of sp³-hybridized carbons (Fsp3) is 0. The highest BCUT2D eigenvalue weighted by molar-refractivity contribution is 5.78. The zero-order valence-corrected chi connectivity index (χ0v) is 14.3. The third-order valence-corrected chi connectivity index (χ3v) is 4.35. The molecule has 3 aromatic carbocycles. The number of para-hydroxylation sites is 1. The summed E-state index contributed by atoms with van der Waals surface area (Å²) in [6.45, 7) is 0. The van der Waals surface area contributed by atoms with E-state index in [0.717, 1.165) is 16.7 Å². The Morgan fingerprint density at radius 2 is 1.26 bits per heavy atom. The summed E-state index contributed by atoms with van der Waals surface area (Å²) < 4.78 is 13.3. The Morgan fingerprint density at radius 3 is 1.96 bits per heavy atom. The van der Waals surface area contributed by atoms with Crippen molar-refractivity contribution >= 4 is 0 Å². The van der Waals surface area contributed by atoms with Crippen LogP contribution in [0.15, 0.2) is 84.9 Å². The summed E-state index contributed by atoms with van der Waals surface area (Å²) in [6.07, 6.45) is 0. The van der Waals surface area contributed by atoms with Crippen LogP contribution in [-0.2, 0) is 0 Å². The van der Waals surface area contributed by atoms with Gasteiger partial charge in [-0.25, -0.2) is 9.37 Å². The summed E-state index contributed by atoms with van der Waals surface area (Å²) in [6, 6.07) is 23.8. The molecule has 2 N–H and O–H groups in total. The molecule has 0 fully saturated rings. The topological polar surface area (TPSA) is 53.4 Å². The molecule has 0 unspecified atom stereocenters.